The standard InChI is InChI=1S/C5H5.2CH3O.Zr/c1-2-4-5-3-1;2*1-2;/h1-5H;2*1H3;/q;2*-1;+2. The predicted octanol–water partition coefficient (Wildman–Crippen LogP) is 1.51. The summed E-state index contributed by atoms with van der Waals surface area (Å²) in [7, 11) is 3.32. The van der Waals surface area contributed by atoms with E-state index in [1.54, 1.807) is 14.2 Å². The molecule has 0 unspecified atom stereocenters. The normalized spacial score (nSPS) is 12.6. The number of hydrogen-bond donors (Lipinski definition) is 0. The van der Waals surface area contributed by atoms with E-state index in [2.05, 4.69) is 5.63 Å². The molecular formula is C7H11O2Zr. The molecule has 0 saturated heterocycles. The van der Waals surface area contributed by atoms with Crippen molar-refractivity contribution in [2.75, 3.05) is 14.2 Å². The quantitative estimate of drug-likeness (QED) is 0.699. The second kappa shape index (κ2) is 9.28. The van der Waals surface area contributed by atoms with Crippen LogP contribution in [0.15, 0.2) is 24.3 Å². The van der Waals surface area contributed by atoms with Crippen LogP contribution in [0.5, 0.6) is 0 Å². The van der Waals surface area contributed by atoms with Gasteiger partial charge in [0.1, 0.15) is 0 Å². The molecule has 0 bridgehead atoms. The van der Waals surface area contributed by atoms with E-state index in [0.717, 1.165) is 0 Å². The van der Waals surface area contributed by atoms with E-state index in [1.165, 1.54) is 0 Å². The van der Waals surface area contributed by atoms with Gasteiger partial charge in [-0.1, -0.05) is 24.3 Å². The summed E-state index contributed by atoms with van der Waals surface area (Å²) in [5.74, 6) is 0. The van der Waals surface area contributed by atoms with E-state index < -0.39 is 24.1 Å². The van der Waals surface area contributed by atoms with Crippen molar-refractivity contribution in [3.63, 3.8) is 0 Å². The number of rotatable bonds is 2. The van der Waals surface area contributed by atoms with Crippen LogP contribution < -0.4 is 0 Å². The van der Waals surface area contributed by atoms with Crippen LogP contribution in [-0.4, -0.2) is 14.2 Å². The zero-order chi connectivity index (χ0) is 7.66. The topological polar surface area (TPSA) is 18.5 Å². The largest absolute Gasteiger partial charge is 0.0767 e. The Bertz CT molecular complexity index is 98.2. The summed E-state index contributed by atoms with van der Waals surface area (Å²) in [4.78, 5) is 0. The Morgan fingerprint density at radius 3 is 1.50 bits per heavy atom. The smallest absolute Gasteiger partial charge is 0.00506 e. The van der Waals surface area contributed by atoms with Crippen molar-refractivity contribution in [1.29, 1.82) is 0 Å². The molecule has 0 aromatic rings. The molecule has 1 aliphatic carbocycles. The van der Waals surface area contributed by atoms with Crippen LogP contribution in [0.3, 0.4) is 0 Å². The van der Waals surface area contributed by atoms with Gasteiger partial charge in [0.2, 0.25) is 0 Å². The summed E-state index contributed by atoms with van der Waals surface area (Å²) in [6, 6.07) is 0. The van der Waals surface area contributed by atoms with Crippen LogP contribution in [0.4, 0.5) is 0 Å². The zero-order valence-corrected chi connectivity index (χ0v) is 8.66. The molecule has 0 aromatic carbocycles. The van der Waals surface area contributed by atoms with E-state index >= 15 is 0 Å². The molecule has 0 spiro atoms. The Labute approximate surface area is 74.7 Å². The Hall–Kier alpha value is 0.283. The Kier molecular flexibility index (Phi) is 9.55. The maximum atomic E-state index is 4.64. The van der Waals surface area contributed by atoms with E-state index in [0.29, 0.717) is 0 Å². The molecule has 1 rings (SSSR count). The van der Waals surface area contributed by atoms with Gasteiger partial charge in [-0.05, 0) is 0 Å². The monoisotopic (exact) mass is 217 g/mol. The van der Waals surface area contributed by atoms with E-state index in [1.807, 2.05) is 30.7 Å². The van der Waals surface area contributed by atoms with Gasteiger partial charge >= 0.3 is 44.0 Å². The van der Waals surface area contributed by atoms with Crippen LogP contribution in [0.1, 0.15) is 0 Å². The van der Waals surface area contributed by atoms with E-state index in [9.17, 15) is 0 Å². The zero-order valence-electron chi connectivity index (χ0n) is 6.20. The van der Waals surface area contributed by atoms with E-state index in [-0.39, 0.29) is 0 Å². The molecule has 0 saturated carbocycles. The van der Waals surface area contributed by atoms with Crippen molar-refractivity contribution in [2.24, 2.45) is 0 Å². The van der Waals surface area contributed by atoms with Gasteiger partial charge in [0, 0.05) is 6.42 Å². The summed E-state index contributed by atoms with van der Waals surface area (Å²) in [5.41, 5.74) is 0. The van der Waals surface area contributed by atoms with Crippen molar-refractivity contribution in [3.05, 3.63) is 30.7 Å². The van der Waals surface area contributed by atoms with Gasteiger partial charge in [-0.25, -0.2) is 0 Å². The van der Waals surface area contributed by atoms with Crippen LogP contribution in [0.2, 0.25) is 0 Å². The fourth-order valence-electron chi connectivity index (χ4n) is 0.404. The first kappa shape index (κ1) is 10.3. The number of hydrogen-bond acceptors (Lipinski definition) is 2. The minimum absolute atomic E-state index is 0.782. The van der Waals surface area contributed by atoms with Gasteiger partial charge in [0.05, 0.1) is 0 Å². The molecular weight excluding hydrogens is 207 g/mol. The van der Waals surface area contributed by atoms with Gasteiger partial charge in [0.15, 0.2) is 0 Å². The predicted molar refractivity (Wildman–Crippen MR) is 36.6 cm³/mol. The third kappa shape index (κ3) is 8.28. The Morgan fingerprint density at radius 1 is 0.900 bits per heavy atom. The van der Waals surface area contributed by atoms with E-state index in [4.69, 9.17) is 0 Å². The van der Waals surface area contributed by atoms with Gasteiger partial charge in [-0.3, -0.25) is 0 Å². The van der Waals surface area contributed by atoms with Crippen molar-refractivity contribution < 1.29 is 29.7 Å². The van der Waals surface area contributed by atoms with Crippen LogP contribution in [-0.2, 0) is 29.7 Å². The minimum Gasteiger partial charge on any atom is -0.0767 e. The molecule has 2 nitrogen and oxygen atoms in total. The molecule has 0 atom stereocenters. The molecule has 0 heterocycles. The number of allylic oxidation sites excluding steroid dienone is 4. The van der Waals surface area contributed by atoms with Crippen molar-refractivity contribution in [1.82, 2.24) is 0 Å². The maximum absolute atomic E-state index is 4.64. The SMILES string of the molecule is C[O][Zr][O]C.[CH]1C=CC=C1. The van der Waals surface area contributed by atoms with Crippen LogP contribution >= 0.6 is 0 Å². The van der Waals surface area contributed by atoms with Crippen LogP contribution in [0.25, 0.3) is 0 Å². The van der Waals surface area contributed by atoms with Gasteiger partial charge in [-0.15, -0.1) is 0 Å². The molecule has 1 aliphatic rings. The van der Waals surface area contributed by atoms with Gasteiger partial charge < -0.3 is 0 Å². The fourth-order valence-corrected chi connectivity index (χ4v) is 0.814. The summed E-state index contributed by atoms with van der Waals surface area (Å²) < 4.78 is 9.28. The van der Waals surface area contributed by atoms with Crippen molar-refractivity contribution in [3.8, 4) is 0 Å². The average molecular weight is 218 g/mol. The van der Waals surface area contributed by atoms with Crippen molar-refractivity contribution in [2.45, 2.75) is 0 Å². The summed E-state index contributed by atoms with van der Waals surface area (Å²) in [6.45, 7) is 0. The summed E-state index contributed by atoms with van der Waals surface area (Å²) in [6.07, 6.45) is 10.0. The Balaban J connectivity index is 0.000000162. The molecule has 0 aliphatic heterocycles. The van der Waals surface area contributed by atoms with Gasteiger partial charge in [0.25, 0.3) is 0 Å². The molecule has 0 N–H and O–H groups in total. The Morgan fingerprint density at radius 2 is 1.40 bits per heavy atom. The molecule has 10 heavy (non-hydrogen) atoms. The molecule has 1 radical (unpaired) electrons. The van der Waals surface area contributed by atoms with Crippen LogP contribution in [0, 0.1) is 6.42 Å². The second-order valence-electron chi connectivity index (χ2n) is 1.45. The second-order valence-corrected chi connectivity index (χ2v) is 3.87. The minimum atomic E-state index is -0.782. The third-order valence-electron chi connectivity index (χ3n) is 0.722. The fraction of sp³-hybridized carbons (Fsp3) is 0.286. The molecule has 0 amide bonds. The van der Waals surface area contributed by atoms with Crippen molar-refractivity contribution >= 4 is 0 Å². The first-order valence-electron chi connectivity index (χ1n) is 2.89. The molecule has 0 fully saturated rings. The summed E-state index contributed by atoms with van der Waals surface area (Å²) >= 11 is -0.782. The third-order valence-corrected chi connectivity index (χ3v) is 1.54. The van der Waals surface area contributed by atoms with Gasteiger partial charge in [-0.2, -0.15) is 0 Å². The average Bonchev–Trinajstić information content (AvgIpc) is 2.44. The molecule has 55 valence electrons. The molecule has 0 aromatic heterocycles. The maximum Gasteiger partial charge on any atom is 0.00506 e. The first-order chi connectivity index (χ1) is 4.91. The first-order valence-corrected chi connectivity index (χ1v) is 4.90. The summed E-state index contributed by atoms with van der Waals surface area (Å²) in [5, 5.41) is 0. The molecule has 3 heteroatoms.